The van der Waals surface area contributed by atoms with E-state index in [1.807, 2.05) is 0 Å². The van der Waals surface area contributed by atoms with E-state index in [0.29, 0.717) is 17.8 Å². The highest BCUT2D eigenvalue weighted by Crippen LogP contribution is 2.14. The number of hydrogen-bond donors (Lipinski definition) is 2. The van der Waals surface area contributed by atoms with E-state index in [0.717, 1.165) is 24.8 Å². The quantitative estimate of drug-likeness (QED) is 0.452. The van der Waals surface area contributed by atoms with E-state index in [2.05, 4.69) is 6.92 Å². The highest BCUT2D eigenvalue weighted by atomic mass is 16.5. The van der Waals surface area contributed by atoms with Crippen molar-refractivity contribution in [2.75, 3.05) is 11.5 Å². The maximum atomic E-state index is 11.4. The molecule has 0 heterocycles. The van der Waals surface area contributed by atoms with Gasteiger partial charge < -0.3 is 16.2 Å². The van der Waals surface area contributed by atoms with Crippen LogP contribution in [0.15, 0.2) is 18.2 Å². The minimum Gasteiger partial charge on any atom is -0.461 e. The van der Waals surface area contributed by atoms with Crippen LogP contribution in [0.25, 0.3) is 0 Å². The lowest BCUT2D eigenvalue weighted by Gasteiger charge is -2.06. The first-order valence-electron chi connectivity index (χ1n) is 5.92. The molecule has 0 saturated carbocycles. The van der Waals surface area contributed by atoms with Gasteiger partial charge in [-0.2, -0.15) is 0 Å². The highest BCUT2D eigenvalue weighted by Gasteiger charge is 2.04. The molecule has 0 aliphatic rings. The van der Waals surface area contributed by atoms with Crippen molar-refractivity contribution in [3.63, 3.8) is 0 Å². The zero-order valence-corrected chi connectivity index (χ0v) is 10.2. The van der Waals surface area contributed by atoms with Crippen LogP contribution in [0.3, 0.4) is 0 Å². The molecule has 4 nitrogen and oxygen atoms in total. The van der Waals surface area contributed by atoms with Crippen LogP contribution in [0.5, 0.6) is 0 Å². The standard InChI is InChI=1S/C13H20N2O2/c1-2-3-4-5-13(16)17-9-10-6-11(14)8-12(15)7-10/h6-8H,2-5,9,14-15H2,1H3. The number of ether oxygens (including phenoxy) is 1. The number of carbonyl (C=O) groups is 1. The second kappa shape index (κ2) is 6.78. The maximum Gasteiger partial charge on any atom is 0.306 e. The predicted octanol–water partition coefficient (Wildman–Crippen LogP) is 2.47. The van der Waals surface area contributed by atoms with E-state index in [9.17, 15) is 4.79 Å². The van der Waals surface area contributed by atoms with Gasteiger partial charge in [0.2, 0.25) is 0 Å². The fourth-order valence-corrected chi connectivity index (χ4v) is 1.58. The Hall–Kier alpha value is -1.71. The lowest BCUT2D eigenvalue weighted by atomic mass is 10.2. The molecule has 0 atom stereocenters. The van der Waals surface area contributed by atoms with Gasteiger partial charge in [0, 0.05) is 17.8 Å². The summed E-state index contributed by atoms with van der Waals surface area (Å²) in [4.78, 5) is 11.4. The second-order valence-corrected chi connectivity index (χ2v) is 4.13. The Morgan fingerprint density at radius 3 is 2.41 bits per heavy atom. The zero-order valence-electron chi connectivity index (χ0n) is 10.2. The monoisotopic (exact) mass is 236 g/mol. The summed E-state index contributed by atoms with van der Waals surface area (Å²) in [6.07, 6.45) is 3.51. The van der Waals surface area contributed by atoms with Gasteiger partial charge in [-0.25, -0.2) is 0 Å². The summed E-state index contributed by atoms with van der Waals surface area (Å²) in [5, 5.41) is 0. The molecule has 0 saturated heterocycles. The molecule has 1 aromatic carbocycles. The Morgan fingerprint density at radius 2 is 1.82 bits per heavy atom. The average molecular weight is 236 g/mol. The third kappa shape index (κ3) is 5.24. The summed E-state index contributed by atoms with van der Waals surface area (Å²) < 4.78 is 5.13. The fourth-order valence-electron chi connectivity index (χ4n) is 1.58. The van der Waals surface area contributed by atoms with Gasteiger partial charge in [0.1, 0.15) is 6.61 Å². The molecule has 0 aromatic heterocycles. The number of hydrogen-bond acceptors (Lipinski definition) is 4. The van der Waals surface area contributed by atoms with Gasteiger partial charge in [-0.1, -0.05) is 19.8 Å². The summed E-state index contributed by atoms with van der Waals surface area (Å²) in [7, 11) is 0. The normalized spacial score (nSPS) is 10.2. The second-order valence-electron chi connectivity index (χ2n) is 4.13. The van der Waals surface area contributed by atoms with Crippen molar-refractivity contribution in [3.8, 4) is 0 Å². The number of rotatable bonds is 6. The number of nitrogen functional groups attached to an aromatic ring is 2. The van der Waals surface area contributed by atoms with E-state index >= 15 is 0 Å². The van der Waals surface area contributed by atoms with Crippen LogP contribution in [0.1, 0.15) is 38.2 Å². The number of esters is 1. The van der Waals surface area contributed by atoms with Gasteiger partial charge in [0.05, 0.1) is 0 Å². The number of nitrogens with two attached hydrogens (primary N) is 2. The molecular formula is C13H20N2O2. The molecule has 0 aliphatic carbocycles. The molecule has 94 valence electrons. The SMILES string of the molecule is CCCCCC(=O)OCc1cc(N)cc(N)c1. The predicted molar refractivity (Wildman–Crippen MR) is 69.2 cm³/mol. The molecule has 0 bridgehead atoms. The van der Waals surface area contributed by atoms with Crippen LogP contribution in [0, 0.1) is 0 Å². The molecule has 0 spiro atoms. The van der Waals surface area contributed by atoms with Crippen LogP contribution in [-0.4, -0.2) is 5.97 Å². The summed E-state index contributed by atoms with van der Waals surface area (Å²) >= 11 is 0. The Labute approximate surface area is 102 Å². The Kier molecular flexibility index (Phi) is 5.33. The van der Waals surface area contributed by atoms with Crippen molar-refractivity contribution in [2.45, 2.75) is 39.2 Å². The van der Waals surface area contributed by atoms with Crippen LogP contribution in [0.4, 0.5) is 11.4 Å². The van der Waals surface area contributed by atoms with Gasteiger partial charge >= 0.3 is 5.97 Å². The lowest BCUT2D eigenvalue weighted by molar-refractivity contribution is -0.145. The Morgan fingerprint density at radius 1 is 1.18 bits per heavy atom. The molecule has 1 aromatic rings. The van der Waals surface area contributed by atoms with Crippen LogP contribution >= 0.6 is 0 Å². The van der Waals surface area contributed by atoms with E-state index in [4.69, 9.17) is 16.2 Å². The molecule has 17 heavy (non-hydrogen) atoms. The Balaban J connectivity index is 2.36. The van der Waals surface area contributed by atoms with E-state index in [-0.39, 0.29) is 12.6 Å². The number of carbonyl (C=O) groups excluding carboxylic acids is 1. The van der Waals surface area contributed by atoms with Crippen LogP contribution in [0.2, 0.25) is 0 Å². The molecule has 0 radical (unpaired) electrons. The summed E-state index contributed by atoms with van der Waals surface area (Å²) in [6, 6.07) is 5.19. The number of anilines is 2. The first-order chi connectivity index (χ1) is 8.11. The topological polar surface area (TPSA) is 78.3 Å². The van der Waals surface area contributed by atoms with Crippen molar-refractivity contribution < 1.29 is 9.53 Å². The molecule has 0 fully saturated rings. The maximum absolute atomic E-state index is 11.4. The van der Waals surface area contributed by atoms with Crippen molar-refractivity contribution in [2.24, 2.45) is 0 Å². The molecule has 4 N–H and O–H groups in total. The minimum absolute atomic E-state index is 0.167. The Bertz CT molecular complexity index is 357. The van der Waals surface area contributed by atoms with Gasteiger partial charge in [0.25, 0.3) is 0 Å². The highest BCUT2D eigenvalue weighted by molar-refractivity contribution is 5.69. The van der Waals surface area contributed by atoms with Gasteiger partial charge in [-0.15, -0.1) is 0 Å². The van der Waals surface area contributed by atoms with Crippen LogP contribution < -0.4 is 11.5 Å². The molecule has 4 heteroatoms. The number of unbranched alkanes of at least 4 members (excludes halogenated alkanes) is 2. The lowest BCUT2D eigenvalue weighted by Crippen LogP contribution is -2.05. The molecule has 0 aliphatic heterocycles. The van der Waals surface area contributed by atoms with E-state index in [1.165, 1.54) is 0 Å². The fraction of sp³-hybridized carbons (Fsp3) is 0.462. The van der Waals surface area contributed by atoms with Crippen molar-refractivity contribution >= 4 is 17.3 Å². The summed E-state index contributed by atoms with van der Waals surface area (Å²) in [5.74, 6) is -0.167. The van der Waals surface area contributed by atoms with Crippen molar-refractivity contribution in [1.29, 1.82) is 0 Å². The first kappa shape index (κ1) is 13.4. The van der Waals surface area contributed by atoms with Gasteiger partial charge in [-0.3, -0.25) is 4.79 Å². The third-order valence-electron chi connectivity index (χ3n) is 2.42. The first-order valence-corrected chi connectivity index (χ1v) is 5.92. The molecule has 0 unspecified atom stereocenters. The van der Waals surface area contributed by atoms with Crippen molar-refractivity contribution in [1.82, 2.24) is 0 Å². The van der Waals surface area contributed by atoms with Gasteiger partial charge in [-0.05, 0) is 30.2 Å². The zero-order chi connectivity index (χ0) is 12.7. The molecule has 1 rings (SSSR count). The summed E-state index contributed by atoms with van der Waals surface area (Å²) in [6.45, 7) is 2.33. The van der Waals surface area contributed by atoms with E-state index < -0.39 is 0 Å². The van der Waals surface area contributed by atoms with Crippen molar-refractivity contribution in [3.05, 3.63) is 23.8 Å². The summed E-state index contributed by atoms with van der Waals surface area (Å²) in [5.41, 5.74) is 13.3. The smallest absolute Gasteiger partial charge is 0.306 e. The van der Waals surface area contributed by atoms with E-state index in [1.54, 1.807) is 18.2 Å². The largest absolute Gasteiger partial charge is 0.461 e. The van der Waals surface area contributed by atoms with Gasteiger partial charge in [0.15, 0.2) is 0 Å². The van der Waals surface area contributed by atoms with Crippen LogP contribution in [-0.2, 0) is 16.1 Å². The third-order valence-corrected chi connectivity index (χ3v) is 2.42. The average Bonchev–Trinajstić information content (AvgIpc) is 2.25. The minimum atomic E-state index is -0.167. The number of benzene rings is 1. The molecule has 0 amide bonds. The molecular weight excluding hydrogens is 216 g/mol.